The normalized spacial score (nSPS) is 11.0. The molecule has 0 N–H and O–H groups in total. The van der Waals surface area contributed by atoms with Gasteiger partial charge in [-0.05, 0) is 24.3 Å². The van der Waals surface area contributed by atoms with E-state index in [1.807, 2.05) is 0 Å². The van der Waals surface area contributed by atoms with Crippen molar-refractivity contribution in [2.24, 2.45) is 0 Å². The smallest absolute Gasteiger partial charge is 0.121 e. The quantitative estimate of drug-likeness (QED) is 0.567. The fourth-order valence-electron chi connectivity index (χ4n) is 1.84. The van der Waals surface area contributed by atoms with Gasteiger partial charge in [0, 0.05) is 11.1 Å². The molecule has 0 aliphatic rings. The van der Waals surface area contributed by atoms with E-state index in [1.165, 1.54) is 0 Å². The zero-order valence-corrected chi connectivity index (χ0v) is 14.8. The molecule has 0 amide bonds. The lowest BCUT2D eigenvalue weighted by Crippen LogP contribution is -1.87. The first-order valence-corrected chi connectivity index (χ1v) is 7.71. The molecule has 116 valence electrons. The maximum absolute atomic E-state index is 6.21. The lowest BCUT2D eigenvalue weighted by Gasteiger charge is -2.08. The lowest BCUT2D eigenvalue weighted by atomic mass is 10.1. The maximum Gasteiger partial charge on any atom is 0.121 e. The van der Waals surface area contributed by atoms with E-state index in [2.05, 4.69) is 0 Å². The molecule has 0 unspecified atom stereocenters. The lowest BCUT2D eigenvalue weighted by molar-refractivity contribution is 0.414. The van der Waals surface area contributed by atoms with Crippen LogP contribution in [0.15, 0.2) is 24.3 Å². The molecule has 0 radical (unpaired) electrons. The fraction of sp³-hybridized carbons (Fsp3) is 0.125. The van der Waals surface area contributed by atoms with Gasteiger partial charge in [0.15, 0.2) is 0 Å². The summed E-state index contributed by atoms with van der Waals surface area (Å²) >= 11 is 24.8. The second-order valence-corrected chi connectivity index (χ2v) is 5.97. The number of methoxy groups -OCH3 is 2. The molecule has 0 atom stereocenters. The van der Waals surface area contributed by atoms with Crippen molar-refractivity contribution in [3.63, 3.8) is 0 Å². The predicted molar refractivity (Wildman–Crippen MR) is 95.0 cm³/mol. The molecule has 0 aliphatic heterocycles. The number of rotatable bonds is 4. The molecule has 0 aromatic heterocycles. The number of benzene rings is 2. The van der Waals surface area contributed by atoms with Crippen molar-refractivity contribution >= 4 is 58.6 Å². The summed E-state index contributed by atoms with van der Waals surface area (Å²) < 4.78 is 10.2. The topological polar surface area (TPSA) is 18.5 Å². The molecular formula is C16H12Cl4O2. The van der Waals surface area contributed by atoms with Gasteiger partial charge in [-0.15, -0.1) is 0 Å². The molecule has 0 bridgehead atoms. The third kappa shape index (κ3) is 3.82. The number of hydrogen-bond acceptors (Lipinski definition) is 2. The zero-order chi connectivity index (χ0) is 16.3. The number of ether oxygens (including phenoxy) is 2. The maximum atomic E-state index is 6.21. The summed E-state index contributed by atoms with van der Waals surface area (Å²) in [6, 6.07) is 6.74. The first-order chi connectivity index (χ1) is 10.5. The Balaban J connectivity index is 2.41. The van der Waals surface area contributed by atoms with Crippen LogP contribution in [-0.2, 0) is 0 Å². The highest BCUT2D eigenvalue weighted by molar-refractivity contribution is 6.39. The highest BCUT2D eigenvalue weighted by Crippen LogP contribution is 2.35. The van der Waals surface area contributed by atoms with Crippen LogP contribution < -0.4 is 9.47 Å². The Morgan fingerprint density at radius 3 is 1.14 bits per heavy atom. The minimum Gasteiger partial charge on any atom is -0.497 e. The third-order valence-corrected chi connectivity index (χ3v) is 4.24. The Labute approximate surface area is 149 Å². The van der Waals surface area contributed by atoms with Crippen molar-refractivity contribution in [3.05, 3.63) is 55.5 Å². The van der Waals surface area contributed by atoms with Crippen LogP contribution in [0.4, 0.5) is 0 Å². The van der Waals surface area contributed by atoms with Crippen molar-refractivity contribution in [3.8, 4) is 11.5 Å². The van der Waals surface area contributed by atoms with E-state index in [4.69, 9.17) is 55.9 Å². The van der Waals surface area contributed by atoms with Crippen molar-refractivity contribution in [2.45, 2.75) is 0 Å². The van der Waals surface area contributed by atoms with Gasteiger partial charge in [0.1, 0.15) is 11.5 Å². The van der Waals surface area contributed by atoms with Crippen molar-refractivity contribution in [2.75, 3.05) is 14.2 Å². The van der Waals surface area contributed by atoms with E-state index in [-0.39, 0.29) is 0 Å². The standard InChI is InChI=1S/C16H12Cl4O2/c1-21-9-5-13(17)11(14(18)6-9)3-4-12-15(19)7-10(22-2)8-16(12)20/h3-8H,1-2H3/b4-3+. The molecule has 2 nitrogen and oxygen atoms in total. The molecule has 0 fully saturated rings. The molecule has 0 spiro atoms. The van der Waals surface area contributed by atoms with Gasteiger partial charge in [0.2, 0.25) is 0 Å². The van der Waals surface area contributed by atoms with Crippen LogP contribution in [0.2, 0.25) is 20.1 Å². The minimum atomic E-state index is 0.473. The van der Waals surface area contributed by atoms with Crippen LogP contribution in [0, 0.1) is 0 Å². The van der Waals surface area contributed by atoms with Crippen LogP contribution in [0.25, 0.3) is 12.2 Å². The van der Waals surface area contributed by atoms with Crippen LogP contribution >= 0.6 is 46.4 Å². The molecule has 6 heteroatoms. The van der Waals surface area contributed by atoms with Gasteiger partial charge in [-0.3, -0.25) is 0 Å². The summed E-state index contributed by atoms with van der Waals surface area (Å²) in [5.41, 5.74) is 1.32. The van der Waals surface area contributed by atoms with Gasteiger partial charge in [-0.25, -0.2) is 0 Å². The first-order valence-electron chi connectivity index (χ1n) is 6.20. The molecule has 2 aromatic carbocycles. The minimum absolute atomic E-state index is 0.473. The molecular weight excluding hydrogens is 366 g/mol. The summed E-state index contributed by atoms with van der Waals surface area (Å²) in [5, 5.41) is 1.89. The Morgan fingerprint density at radius 1 is 0.636 bits per heavy atom. The Hall–Kier alpha value is -1.06. The summed E-state index contributed by atoms with van der Waals surface area (Å²) in [5.74, 6) is 1.18. The van der Waals surface area contributed by atoms with Gasteiger partial charge in [-0.1, -0.05) is 58.6 Å². The van der Waals surface area contributed by atoms with Gasteiger partial charge >= 0.3 is 0 Å². The molecule has 0 heterocycles. The Kier molecular flexibility index (Phi) is 5.87. The third-order valence-electron chi connectivity index (χ3n) is 2.99. The molecule has 22 heavy (non-hydrogen) atoms. The van der Waals surface area contributed by atoms with E-state index < -0.39 is 0 Å². The summed E-state index contributed by atoms with van der Waals surface area (Å²) in [6.45, 7) is 0. The van der Waals surface area contributed by atoms with Crippen molar-refractivity contribution in [1.29, 1.82) is 0 Å². The number of halogens is 4. The van der Waals surface area contributed by atoms with Gasteiger partial charge in [0.25, 0.3) is 0 Å². The first kappa shape index (κ1) is 17.3. The van der Waals surface area contributed by atoms with Crippen LogP contribution in [0.5, 0.6) is 11.5 Å². The van der Waals surface area contributed by atoms with Crippen LogP contribution in [-0.4, -0.2) is 14.2 Å². The average molecular weight is 378 g/mol. The van der Waals surface area contributed by atoms with E-state index in [1.54, 1.807) is 50.6 Å². The SMILES string of the molecule is COc1cc(Cl)c(/C=C/c2c(Cl)cc(OC)cc2Cl)c(Cl)c1. The van der Waals surface area contributed by atoms with Crippen LogP contribution in [0.1, 0.15) is 11.1 Å². The largest absolute Gasteiger partial charge is 0.497 e. The summed E-state index contributed by atoms with van der Waals surface area (Å²) in [4.78, 5) is 0. The summed E-state index contributed by atoms with van der Waals surface area (Å²) in [6.07, 6.45) is 3.51. The van der Waals surface area contributed by atoms with E-state index in [0.29, 0.717) is 42.7 Å². The highest BCUT2D eigenvalue weighted by atomic mass is 35.5. The van der Waals surface area contributed by atoms with E-state index >= 15 is 0 Å². The van der Waals surface area contributed by atoms with Crippen molar-refractivity contribution in [1.82, 2.24) is 0 Å². The predicted octanol–water partition coefficient (Wildman–Crippen LogP) is 6.49. The van der Waals surface area contributed by atoms with E-state index in [0.717, 1.165) is 0 Å². The van der Waals surface area contributed by atoms with Gasteiger partial charge < -0.3 is 9.47 Å². The number of hydrogen-bond donors (Lipinski definition) is 0. The monoisotopic (exact) mass is 376 g/mol. The van der Waals surface area contributed by atoms with Gasteiger partial charge in [0.05, 0.1) is 34.3 Å². The Morgan fingerprint density at radius 2 is 0.909 bits per heavy atom. The second kappa shape index (κ2) is 7.47. The van der Waals surface area contributed by atoms with Crippen molar-refractivity contribution < 1.29 is 9.47 Å². The fourth-order valence-corrected chi connectivity index (χ4v) is 3.03. The highest BCUT2D eigenvalue weighted by Gasteiger charge is 2.09. The molecule has 2 rings (SSSR count). The van der Waals surface area contributed by atoms with Crippen LogP contribution in [0.3, 0.4) is 0 Å². The molecule has 0 aliphatic carbocycles. The molecule has 0 saturated heterocycles. The Bertz CT molecular complexity index is 619. The van der Waals surface area contributed by atoms with E-state index in [9.17, 15) is 0 Å². The van der Waals surface area contributed by atoms with Gasteiger partial charge in [-0.2, -0.15) is 0 Å². The average Bonchev–Trinajstić information content (AvgIpc) is 2.47. The second-order valence-electron chi connectivity index (χ2n) is 4.34. The molecule has 0 saturated carbocycles. The summed E-state index contributed by atoms with van der Waals surface area (Å²) in [7, 11) is 3.10. The molecule has 2 aromatic rings. The zero-order valence-electron chi connectivity index (χ0n) is 11.8.